The lowest BCUT2D eigenvalue weighted by atomic mass is 10.0. The summed E-state index contributed by atoms with van der Waals surface area (Å²) in [6, 6.07) is 12.0. The monoisotopic (exact) mass is 455 g/mol. The largest absolute Gasteiger partial charge is 0.381 e. The van der Waals surface area contributed by atoms with Gasteiger partial charge < -0.3 is 10.2 Å². The maximum Gasteiger partial charge on any atom is 0.168 e. The van der Waals surface area contributed by atoms with Crippen LogP contribution in [0.1, 0.15) is 28.9 Å². The highest BCUT2D eigenvalue weighted by molar-refractivity contribution is 5.97. The molecule has 0 amide bonds. The number of nitrogens with one attached hydrogen (secondary N) is 1. The Hall–Kier alpha value is -3.71. The molecular weight excluding hydrogens is 429 g/mol. The van der Waals surface area contributed by atoms with Crippen LogP contribution in [0.25, 0.3) is 22.0 Å². The third-order valence-electron chi connectivity index (χ3n) is 6.29. The van der Waals surface area contributed by atoms with E-state index in [4.69, 9.17) is 0 Å². The van der Waals surface area contributed by atoms with Crippen molar-refractivity contribution in [3.63, 3.8) is 0 Å². The van der Waals surface area contributed by atoms with Gasteiger partial charge in [-0.2, -0.15) is 0 Å². The van der Waals surface area contributed by atoms with E-state index in [2.05, 4.69) is 38.3 Å². The van der Waals surface area contributed by atoms with Gasteiger partial charge in [0, 0.05) is 53.0 Å². The number of rotatable bonds is 6. The van der Waals surface area contributed by atoms with E-state index in [-0.39, 0.29) is 18.0 Å². The minimum absolute atomic E-state index is 0.0991. The summed E-state index contributed by atoms with van der Waals surface area (Å²) in [5.41, 5.74) is 3.87. The number of carbonyl (C=O) groups excluding carboxylic acids is 1. The molecule has 1 N–H and O–H groups in total. The Balaban J connectivity index is 1.35. The average Bonchev–Trinajstić information content (AvgIpc) is 2.85. The molecule has 0 spiro atoms. The molecular formula is C27H26FN5O. The SMILES string of the molecule is CN1CCC(Nc2cncc(-c3cc4cc(CC(=O)c5ccc(F)cc5)ncc4cn3)c2)CC1. The van der Waals surface area contributed by atoms with E-state index in [1.807, 2.05) is 24.5 Å². The van der Waals surface area contributed by atoms with Gasteiger partial charge in [-0.05, 0) is 80.8 Å². The lowest BCUT2D eigenvalue weighted by Crippen LogP contribution is -2.36. The summed E-state index contributed by atoms with van der Waals surface area (Å²) in [4.78, 5) is 28.4. The fourth-order valence-corrected chi connectivity index (χ4v) is 4.29. The van der Waals surface area contributed by atoms with Crippen LogP contribution in [0.5, 0.6) is 0 Å². The molecule has 1 aromatic carbocycles. The van der Waals surface area contributed by atoms with Crippen molar-refractivity contribution in [3.8, 4) is 11.3 Å². The number of aromatic nitrogens is 3. The second-order valence-corrected chi connectivity index (χ2v) is 8.88. The Bertz CT molecular complexity index is 1320. The minimum Gasteiger partial charge on any atom is -0.381 e. The number of Topliss-reactive ketones (excluding diaryl/α,β-unsaturated/α-hetero) is 1. The van der Waals surface area contributed by atoms with Crippen molar-refractivity contribution < 1.29 is 9.18 Å². The second-order valence-electron chi connectivity index (χ2n) is 8.88. The molecule has 172 valence electrons. The molecule has 0 unspecified atom stereocenters. The lowest BCUT2D eigenvalue weighted by molar-refractivity contribution is 0.0992. The summed E-state index contributed by atoms with van der Waals surface area (Å²) in [6.07, 6.45) is 9.57. The van der Waals surface area contributed by atoms with Gasteiger partial charge in [0.2, 0.25) is 0 Å². The van der Waals surface area contributed by atoms with Crippen molar-refractivity contribution in [1.29, 1.82) is 0 Å². The first-order valence-electron chi connectivity index (χ1n) is 11.5. The van der Waals surface area contributed by atoms with Crippen molar-refractivity contribution in [2.75, 3.05) is 25.5 Å². The van der Waals surface area contributed by atoms with E-state index in [0.717, 1.165) is 53.6 Å². The van der Waals surface area contributed by atoms with Crippen LogP contribution in [-0.4, -0.2) is 51.8 Å². The van der Waals surface area contributed by atoms with Crippen LogP contribution in [0.15, 0.2) is 67.3 Å². The summed E-state index contributed by atoms with van der Waals surface area (Å²) in [5.74, 6) is -0.460. The first-order chi connectivity index (χ1) is 16.5. The fraction of sp³-hybridized carbons (Fsp3) is 0.259. The molecule has 1 fully saturated rings. The number of piperidine rings is 1. The van der Waals surface area contributed by atoms with E-state index < -0.39 is 0 Å². The number of hydrogen-bond donors (Lipinski definition) is 1. The highest BCUT2D eigenvalue weighted by atomic mass is 19.1. The van der Waals surface area contributed by atoms with Gasteiger partial charge in [0.05, 0.1) is 17.8 Å². The number of nitrogens with zero attached hydrogens (tertiary/aromatic N) is 4. The predicted octanol–water partition coefficient (Wildman–Crippen LogP) is 4.76. The van der Waals surface area contributed by atoms with E-state index in [9.17, 15) is 9.18 Å². The number of likely N-dealkylation sites (tertiary alicyclic amines) is 1. The van der Waals surface area contributed by atoms with Crippen LogP contribution < -0.4 is 5.32 Å². The first-order valence-corrected chi connectivity index (χ1v) is 11.5. The molecule has 1 saturated heterocycles. The number of fused-ring (bicyclic) bond motifs is 1. The molecule has 3 aromatic heterocycles. The lowest BCUT2D eigenvalue weighted by Gasteiger charge is -2.30. The molecule has 1 aliphatic rings. The summed E-state index contributed by atoms with van der Waals surface area (Å²) >= 11 is 0. The Kier molecular flexibility index (Phi) is 6.27. The minimum atomic E-state index is -0.361. The summed E-state index contributed by atoms with van der Waals surface area (Å²) in [7, 11) is 2.16. The Labute approximate surface area is 197 Å². The summed E-state index contributed by atoms with van der Waals surface area (Å²) in [6.45, 7) is 2.19. The number of ketones is 1. The van der Waals surface area contributed by atoms with E-state index in [0.29, 0.717) is 17.3 Å². The molecule has 1 aliphatic heterocycles. The van der Waals surface area contributed by atoms with Crippen LogP contribution >= 0.6 is 0 Å². The van der Waals surface area contributed by atoms with Crippen molar-refractivity contribution in [2.45, 2.75) is 25.3 Å². The first kappa shape index (κ1) is 22.1. The summed E-state index contributed by atoms with van der Waals surface area (Å²) in [5, 5.41) is 5.46. The fourth-order valence-electron chi connectivity index (χ4n) is 4.29. The highest BCUT2D eigenvalue weighted by Gasteiger charge is 2.16. The van der Waals surface area contributed by atoms with Gasteiger partial charge in [-0.25, -0.2) is 4.39 Å². The van der Waals surface area contributed by atoms with Crippen LogP contribution in [0.2, 0.25) is 0 Å². The molecule has 0 saturated carbocycles. The molecule has 5 rings (SSSR count). The number of anilines is 1. The van der Waals surface area contributed by atoms with Gasteiger partial charge in [0.15, 0.2) is 5.78 Å². The molecule has 34 heavy (non-hydrogen) atoms. The Morgan fingerprint density at radius 1 is 1.00 bits per heavy atom. The van der Waals surface area contributed by atoms with Crippen LogP contribution in [0, 0.1) is 5.82 Å². The van der Waals surface area contributed by atoms with Gasteiger partial charge in [-0.15, -0.1) is 0 Å². The number of halogens is 1. The molecule has 4 heterocycles. The molecule has 0 aliphatic carbocycles. The van der Waals surface area contributed by atoms with Crippen molar-refractivity contribution in [3.05, 3.63) is 84.3 Å². The van der Waals surface area contributed by atoms with E-state index >= 15 is 0 Å². The Morgan fingerprint density at radius 2 is 1.76 bits per heavy atom. The number of pyridine rings is 3. The van der Waals surface area contributed by atoms with E-state index in [1.54, 1.807) is 12.4 Å². The maximum atomic E-state index is 13.1. The molecule has 0 bridgehead atoms. The number of hydrogen-bond acceptors (Lipinski definition) is 6. The van der Waals surface area contributed by atoms with Gasteiger partial charge in [-0.3, -0.25) is 19.7 Å². The molecule has 7 heteroatoms. The average molecular weight is 456 g/mol. The van der Waals surface area contributed by atoms with Gasteiger partial charge in [0.25, 0.3) is 0 Å². The van der Waals surface area contributed by atoms with Crippen LogP contribution in [-0.2, 0) is 6.42 Å². The third-order valence-corrected chi connectivity index (χ3v) is 6.29. The van der Waals surface area contributed by atoms with Crippen molar-refractivity contribution >= 4 is 22.2 Å². The van der Waals surface area contributed by atoms with Crippen LogP contribution in [0.3, 0.4) is 0 Å². The molecule has 0 atom stereocenters. The third kappa shape index (κ3) is 5.10. The Morgan fingerprint density at radius 3 is 2.56 bits per heavy atom. The standard InChI is InChI=1S/C27H26FN5O/c1-33-8-6-23(7-9-33)32-25-11-20(14-29-17-25)26-12-19-10-24(30-15-21(19)16-31-26)13-27(34)18-2-4-22(28)5-3-18/h2-5,10-12,14-17,23,32H,6-9,13H2,1H3. The zero-order chi connectivity index (χ0) is 23.5. The molecule has 6 nitrogen and oxygen atoms in total. The number of benzene rings is 1. The molecule has 4 aromatic rings. The predicted molar refractivity (Wildman–Crippen MR) is 131 cm³/mol. The van der Waals surface area contributed by atoms with Crippen LogP contribution in [0.4, 0.5) is 10.1 Å². The van der Waals surface area contributed by atoms with Crippen molar-refractivity contribution in [1.82, 2.24) is 19.9 Å². The molecule has 0 radical (unpaired) electrons. The highest BCUT2D eigenvalue weighted by Crippen LogP contribution is 2.25. The second kappa shape index (κ2) is 9.65. The smallest absolute Gasteiger partial charge is 0.168 e. The maximum absolute atomic E-state index is 13.1. The van der Waals surface area contributed by atoms with Gasteiger partial charge >= 0.3 is 0 Å². The van der Waals surface area contributed by atoms with Crippen molar-refractivity contribution in [2.24, 2.45) is 0 Å². The zero-order valence-electron chi connectivity index (χ0n) is 19.0. The number of carbonyl (C=O) groups is 1. The van der Waals surface area contributed by atoms with Gasteiger partial charge in [0.1, 0.15) is 5.82 Å². The van der Waals surface area contributed by atoms with Gasteiger partial charge in [-0.1, -0.05) is 0 Å². The summed E-state index contributed by atoms with van der Waals surface area (Å²) < 4.78 is 13.1. The zero-order valence-corrected chi connectivity index (χ0v) is 19.0. The topological polar surface area (TPSA) is 71.0 Å². The normalized spacial score (nSPS) is 14.9. The van der Waals surface area contributed by atoms with E-state index in [1.165, 1.54) is 24.3 Å². The quantitative estimate of drug-likeness (QED) is 0.423.